The molecule has 1 atom stereocenters. The average molecular weight is 358 g/mol. The number of aromatic nitrogens is 2. The van der Waals surface area contributed by atoms with E-state index in [0.717, 1.165) is 37.3 Å². The highest BCUT2D eigenvalue weighted by Crippen LogP contribution is 2.38. The molecule has 2 fully saturated rings. The van der Waals surface area contributed by atoms with Gasteiger partial charge in [-0.25, -0.2) is 13.9 Å². The Hall–Kier alpha value is -2.18. The number of fused-ring (bicyclic) bond motifs is 3. The van der Waals surface area contributed by atoms with Crippen LogP contribution in [-0.2, 0) is 4.79 Å². The van der Waals surface area contributed by atoms with Crippen molar-refractivity contribution in [3.05, 3.63) is 11.4 Å². The molecule has 3 aliphatic rings. The Kier molecular flexibility index (Phi) is 4.12. The van der Waals surface area contributed by atoms with E-state index in [1.54, 1.807) is 11.9 Å². The number of amidine groups is 1. The van der Waals surface area contributed by atoms with Crippen LogP contribution in [0.25, 0.3) is 0 Å². The van der Waals surface area contributed by atoms with Crippen molar-refractivity contribution in [3.63, 3.8) is 0 Å². The molecule has 0 N–H and O–H groups in total. The first-order valence-electron chi connectivity index (χ1n) is 9.78. The van der Waals surface area contributed by atoms with Gasteiger partial charge < -0.3 is 0 Å². The zero-order chi connectivity index (χ0) is 18.6. The van der Waals surface area contributed by atoms with Crippen LogP contribution >= 0.6 is 0 Å². The zero-order valence-electron chi connectivity index (χ0n) is 16.2. The second-order valence-corrected chi connectivity index (χ2v) is 7.71. The molecule has 0 aromatic carbocycles. The van der Waals surface area contributed by atoms with E-state index >= 15 is 0 Å². The molecule has 3 amide bonds. The van der Waals surface area contributed by atoms with Crippen LogP contribution in [0.2, 0.25) is 0 Å². The lowest BCUT2D eigenvalue weighted by Crippen LogP contribution is -2.63. The van der Waals surface area contributed by atoms with Gasteiger partial charge in [-0.15, -0.1) is 0 Å². The summed E-state index contributed by atoms with van der Waals surface area (Å²) in [6, 6.07) is -0.321. The average Bonchev–Trinajstić information content (AvgIpc) is 3.32. The fourth-order valence-electron chi connectivity index (χ4n) is 4.58. The smallest absolute Gasteiger partial charge is 0.270 e. The number of urea groups is 1. The van der Waals surface area contributed by atoms with Crippen LogP contribution in [0, 0.1) is 13.8 Å². The number of imidazole rings is 1. The zero-order valence-corrected chi connectivity index (χ0v) is 16.2. The molecule has 0 spiro atoms. The summed E-state index contributed by atoms with van der Waals surface area (Å²) in [6.07, 6.45) is 6.56. The third-order valence-electron chi connectivity index (χ3n) is 6.18. The number of hydrogen-bond donors (Lipinski definition) is 0. The fraction of sp³-hybridized carbons (Fsp3) is 0.684. The van der Waals surface area contributed by atoms with E-state index in [-0.39, 0.29) is 11.9 Å². The molecule has 1 aliphatic carbocycles. The van der Waals surface area contributed by atoms with Crippen LogP contribution in [0.1, 0.15) is 68.9 Å². The van der Waals surface area contributed by atoms with Gasteiger partial charge in [-0.05, 0) is 46.0 Å². The quantitative estimate of drug-likeness (QED) is 0.777. The maximum atomic E-state index is 13.2. The number of rotatable bonds is 4. The molecular weight excluding hydrogens is 330 g/mol. The third kappa shape index (κ3) is 2.25. The van der Waals surface area contributed by atoms with Gasteiger partial charge in [0.25, 0.3) is 5.91 Å². The Morgan fingerprint density at radius 2 is 1.88 bits per heavy atom. The largest absolute Gasteiger partial charge is 0.402 e. The Morgan fingerprint density at radius 3 is 2.54 bits per heavy atom. The maximum absolute atomic E-state index is 13.2. The van der Waals surface area contributed by atoms with Crippen LogP contribution < -0.4 is 4.57 Å². The van der Waals surface area contributed by atoms with Gasteiger partial charge in [0, 0.05) is 13.6 Å². The summed E-state index contributed by atoms with van der Waals surface area (Å²) in [5, 5.41) is 0. The molecule has 1 aromatic rings. The van der Waals surface area contributed by atoms with Crippen LogP contribution in [0.4, 0.5) is 10.7 Å². The summed E-state index contributed by atoms with van der Waals surface area (Å²) >= 11 is 0. The number of aliphatic imine (C=N–C) groups is 1. The molecule has 0 radical (unpaired) electrons. The first-order valence-corrected chi connectivity index (χ1v) is 9.78. The summed E-state index contributed by atoms with van der Waals surface area (Å²) in [5.41, 5.74) is 2.25. The second kappa shape index (κ2) is 6.21. The summed E-state index contributed by atoms with van der Waals surface area (Å²) in [5.74, 6) is 1.26. The van der Waals surface area contributed by atoms with Crippen molar-refractivity contribution in [2.45, 2.75) is 71.4 Å². The summed E-state index contributed by atoms with van der Waals surface area (Å²) in [4.78, 5) is 33.6. The third-order valence-corrected chi connectivity index (χ3v) is 6.18. The van der Waals surface area contributed by atoms with Gasteiger partial charge in [0.1, 0.15) is 11.4 Å². The summed E-state index contributed by atoms with van der Waals surface area (Å²) < 4.78 is 4.35. The van der Waals surface area contributed by atoms with E-state index in [4.69, 9.17) is 4.99 Å². The van der Waals surface area contributed by atoms with E-state index in [1.807, 2.05) is 4.57 Å². The lowest BCUT2D eigenvalue weighted by Gasteiger charge is -2.33. The van der Waals surface area contributed by atoms with E-state index in [2.05, 4.69) is 25.3 Å². The molecule has 4 rings (SSSR count). The van der Waals surface area contributed by atoms with E-state index in [0.29, 0.717) is 18.4 Å². The predicted molar refractivity (Wildman–Crippen MR) is 97.5 cm³/mol. The molecule has 7 heteroatoms. The van der Waals surface area contributed by atoms with Gasteiger partial charge in [0.15, 0.2) is 0 Å². The highest BCUT2D eigenvalue weighted by Gasteiger charge is 2.54. The lowest BCUT2D eigenvalue weighted by atomic mass is 10.1. The number of hydrogen-bond acceptors (Lipinski definition) is 3. The lowest BCUT2D eigenvalue weighted by molar-refractivity contribution is -0.683. The van der Waals surface area contributed by atoms with E-state index in [9.17, 15) is 9.59 Å². The highest BCUT2D eigenvalue weighted by molar-refractivity contribution is 6.19. The number of likely N-dealkylation sites (N-methyl/N-ethyl adjacent to an activating group) is 1. The molecule has 0 bridgehead atoms. The second-order valence-electron chi connectivity index (χ2n) is 7.71. The minimum Gasteiger partial charge on any atom is -0.270 e. The van der Waals surface area contributed by atoms with Crippen molar-refractivity contribution in [3.8, 4) is 0 Å². The molecule has 26 heavy (non-hydrogen) atoms. The van der Waals surface area contributed by atoms with Crippen molar-refractivity contribution in [2.24, 2.45) is 4.99 Å². The van der Waals surface area contributed by atoms with Crippen LogP contribution in [-0.4, -0.2) is 45.7 Å². The van der Waals surface area contributed by atoms with E-state index in [1.165, 1.54) is 23.4 Å². The number of unbranched alkanes of at least 4 members (excludes halogenated alkanes) is 1. The van der Waals surface area contributed by atoms with Crippen molar-refractivity contribution >= 4 is 23.7 Å². The minimum absolute atomic E-state index is 0.143. The molecule has 140 valence electrons. The predicted octanol–water partition coefficient (Wildman–Crippen LogP) is 2.79. The van der Waals surface area contributed by atoms with Crippen molar-refractivity contribution in [1.29, 1.82) is 0 Å². The highest BCUT2D eigenvalue weighted by atomic mass is 16.2. The summed E-state index contributed by atoms with van der Waals surface area (Å²) in [7, 11) is 1.73. The Labute approximate surface area is 154 Å². The Bertz CT molecular complexity index is 803. The van der Waals surface area contributed by atoms with Crippen LogP contribution in [0.15, 0.2) is 4.99 Å². The van der Waals surface area contributed by atoms with Crippen LogP contribution in [0.3, 0.4) is 0 Å². The minimum atomic E-state index is -0.508. The molecular formula is C19H28N5O2+. The Balaban J connectivity index is 1.80. The van der Waals surface area contributed by atoms with Gasteiger partial charge in [0.05, 0.1) is 6.04 Å². The van der Waals surface area contributed by atoms with Crippen molar-refractivity contribution < 1.29 is 14.2 Å². The van der Waals surface area contributed by atoms with E-state index < -0.39 is 6.04 Å². The molecule has 1 unspecified atom stereocenters. The van der Waals surface area contributed by atoms with Crippen molar-refractivity contribution in [1.82, 2.24) is 14.4 Å². The molecule has 7 nitrogen and oxygen atoms in total. The van der Waals surface area contributed by atoms with Crippen molar-refractivity contribution in [2.75, 3.05) is 13.6 Å². The maximum Gasteiger partial charge on any atom is 0.402 e. The number of amides is 3. The topological polar surface area (TPSA) is 61.8 Å². The Morgan fingerprint density at radius 1 is 1.19 bits per heavy atom. The van der Waals surface area contributed by atoms with Gasteiger partial charge >= 0.3 is 12.0 Å². The van der Waals surface area contributed by atoms with Gasteiger partial charge in [-0.3, -0.25) is 14.6 Å². The van der Waals surface area contributed by atoms with Crippen LogP contribution in [0.5, 0.6) is 0 Å². The monoisotopic (exact) mass is 358 g/mol. The summed E-state index contributed by atoms with van der Waals surface area (Å²) in [6.45, 7) is 6.71. The molecule has 1 saturated carbocycles. The SMILES string of the molecule is CCCCN1C(=O)C2C(=Nc3n(C4CCCC4)c(C)c(C)[n+]32)N(C)C1=O. The number of nitrogens with zero attached hydrogens (tertiary/aromatic N) is 5. The normalized spacial score (nSPS) is 22.9. The molecule has 3 heterocycles. The number of imide groups is 1. The first-order chi connectivity index (χ1) is 12.5. The van der Waals surface area contributed by atoms with Gasteiger partial charge in [-0.2, -0.15) is 0 Å². The number of carbonyl (C=O) groups is 2. The molecule has 1 aromatic heterocycles. The fourth-order valence-corrected chi connectivity index (χ4v) is 4.58. The molecule has 2 aliphatic heterocycles. The first kappa shape index (κ1) is 17.2. The number of carbonyl (C=O) groups excluding carboxylic acids is 2. The molecule has 1 saturated heterocycles. The van der Waals surface area contributed by atoms with Gasteiger partial charge in [0.2, 0.25) is 11.9 Å². The standard InChI is InChI=1S/C19H28N5O2/c1-5-6-11-22-17(25)15-16(21(4)19(22)26)20-18-23(14-9-7-8-10-14)12(2)13(3)24(15)18/h14-15H,5-11H2,1-4H3/q+1. The van der Waals surface area contributed by atoms with Gasteiger partial charge in [-0.1, -0.05) is 18.3 Å².